The summed E-state index contributed by atoms with van der Waals surface area (Å²) in [5.41, 5.74) is 1.26. The van der Waals surface area contributed by atoms with Gasteiger partial charge in [-0.05, 0) is 61.4 Å². The highest BCUT2D eigenvalue weighted by atomic mass is 16.5. The van der Waals surface area contributed by atoms with Gasteiger partial charge in [-0.25, -0.2) is 9.59 Å². The molecule has 0 saturated carbocycles. The molecule has 182 valence electrons. The minimum atomic E-state index is -0.669. The van der Waals surface area contributed by atoms with E-state index in [1.165, 1.54) is 28.4 Å². The van der Waals surface area contributed by atoms with Crippen LogP contribution in [-0.2, 0) is 19.1 Å². The van der Waals surface area contributed by atoms with Crippen LogP contribution in [0.2, 0.25) is 0 Å². The molecule has 8 heteroatoms. The Morgan fingerprint density at radius 2 is 0.971 bits per heavy atom. The largest absolute Gasteiger partial charge is 0.493 e. The van der Waals surface area contributed by atoms with Gasteiger partial charge in [0.25, 0.3) is 0 Å². The number of ether oxygens (including phenoxy) is 6. The van der Waals surface area contributed by atoms with Gasteiger partial charge in [-0.1, -0.05) is 12.1 Å². The van der Waals surface area contributed by atoms with Crippen molar-refractivity contribution >= 4 is 24.1 Å². The minimum absolute atomic E-state index is 0.0299. The van der Waals surface area contributed by atoms with Crippen LogP contribution in [0.1, 0.15) is 25.0 Å². The number of hydrogen-bond donors (Lipinski definition) is 0. The third-order valence-corrected chi connectivity index (χ3v) is 4.72. The van der Waals surface area contributed by atoms with E-state index in [1.807, 2.05) is 0 Å². The number of hydrogen-bond acceptors (Lipinski definition) is 8. The third kappa shape index (κ3) is 6.54. The summed E-state index contributed by atoms with van der Waals surface area (Å²) in [5, 5.41) is 0. The van der Waals surface area contributed by atoms with Gasteiger partial charge in [-0.2, -0.15) is 0 Å². The topological polar surface area (TPSA) is 89.5 Å². The van der Waals surface area contributed by atoms with Gasteiger partial charge in [0.05, 0.1) is 52.8 Å². The van der Waals surface area contributed by atoms with Crippen molar-refractivity contribution in [3.05, 3.63) is 58.7 Å². The molecule has 0 spiro atoms. The lowest BCUT2D eigenvalue weighted by Crippen LogP contribution is -2.17. The quantitative estimate of drug-likeness (QED) is 0.273. The highest BCUT2D eigenvalue weighted by Crippen LogP contribution is 2.31. The van der Waals surface area contributed by atoms with E-state index >= 15 is 0 Å². The van der Waals surface area contributed by atoms with Crippen LogP contribution in [0.4, 0.5) is 0 Å². The fourth-order valence-electron chi connectivity index (χ4n) is 3.13. The second-order valence-electron chi connectivity index (χ2n) is 6.79. The Hall–Kier alpha value is -3.94. The molecule has 0 aliphatic carbocycles. The van der Waals surface area contributed by atoms with E-state index < -0.39 is 11.9 Å². The Balaban J connectivity index is 2.71. The van der Waals surface area contributed by atoms with Crippen LogP contribution in [-0.4, -0.2) is 53.6 Å². The zero-order valence-corrected chi connectivity index (χ0v) is 20.3. The number of benzene rings is 2. The summed E-state index contributed by atoms with van der Waals surface area (Å²) in [6.07, 6.45) is 3.09. The smallest absolute Gasteiger partial charge is 0.339 e. The summed E-state index contributed by atoms with van der Waals surface area (Å²) in [6, 6.07) is 10.3. The molecular formula is C26H30O8. The fourth-order valence-corrected chi connectivity index (χ4v) is 3.13. The van der Waals surface area contributed by atoms with Crippen molar-refractivity contribution in [2.45, 2.75) is 13.8 Å². The van der Waals surface area contributed by atoms with Gasteiger partial charge >= 0.3 is 11.9 Å². The predicted octanol–water partition coefficient (Wildman–Crippen LogP) is 4.31. The number of carbonyl (C=O) groups excluding carboxylic acids is 2. The van der Waals surface area contributed by atoms with Gasteiger partial charge in [0.2, 0.25) is 0 Å². The number of rotatable bonds is 11. The molecule has 0 aromatic heterocycles. The molecule has 0 heterocycles. The van der Waals surface area contributed by atoms with Gasteiger partial charge in [0.15, 0.2) is 23.0 Å². The Kier molecular flexibility index (Phi) is 10.0. The molecule has 0 bridgehead atoms. The monoisotopic (exact) mass is 470 g/mol. The van der Waals surface area contributed by atoms with Gasteiger partial charge in [-0.15, -0.1) is 0 Å². The van der Waals surface area contributed by atoms with E-state index in [2.05, 4.69) is 0 Å². The first-order chi connectivity index (χ1) is 16.4. The molecule has 2 rings (SSSR count). The second kappa shape index (κ2) is 12.9. The molecule has 0 aliphatic rings. The SMILES string of the molecule is CCOC(=O)C(=C\c1ccc(OC)c(OC)c1)/C(=C/c1ccc(OC)c(OC)c1)C(=O)OCC. The Morgan fingerprint density at radius 1 is 0.618 bits per heavy atom. The van der Waals surface area contributed by atoms with Gasteiger partial charge in [0.1, 0.15) is 0 Å². The molecule has 34 heavy (non-hydrogen) atoms. The van der Waals surface area contributed by atoms with E-state index in [9.17, 15) is 9.59 Å². The van der Waals surface area contributed by atoms with Crippen molar-refractivity contribution in [2.24, 2.45) is 0 Å². The van der Waals surface area contributed by atoms with Crippen molar-refractivity contribution in [1.29, 1.82) is 0 Å². The molecule has 8 nitrogen and oxygen atoms in total. The first-order valence-electron chi connectivity index (χ1n) is 10.6. The van der Waals surface area contributed by atoms with Crippen LogP contribution in [0.15, 0.2) is 47.5 Å². The average Bonchev–Trinajstić information content (AvgIpc) is 2.85. The summed E-state index contributed by atoms with van der Waals surface area (Å²) in [5.74, 6) is 0.670. The lowest BCUT2D eigenvalue weighted by atomic mass is 9.99. The first-order valence-corrected chi connectivity index (χ1v) is 10.6. The molecule has 0 unspecified atom stereocenters. The highest BCUT2D eigenvalue weighted by molar-refractivity contribution is 6.12. The molecule has 0 atom stereocenters. The van der Waals surface area contributed by atoms with Crippen molar-refractivity contribution in [3.63, 3.8) is 0 Å². The van der Waals surface area contributed by atoms with E-state index in [4.69, 9.17) is 28.4 Å². The summed E-state index contributed by atoms with van der Waals surface area (Å²) in [7, 11) is 6.08. The normalized spacial score (nSPS) is 11.5. The molecular weight excluding hydrogens is 440 g/mol. The zero-order chi connectivity index (χ0) is 25.1. The molecule has 0 saturated heterocycles. The number of esters is 2. The Bertz CT molecular complexity index is 983. The van der Waals surface area contributed by atoms with Crippen LogP contribution in [0.5, 0.6) is 23.0 Å². The molecule has 2 aromatic rings. The maximum absolute atomic E-state index is 12.9. The van der Waals surface area contributed by atoms with Gasteiger partial charge < -0.3 is 28.4 Å². The second-order valence-corrected chi connectivity index (χ2v) is 6.79. The summed E-state index contributed by atoms with van der Waals surface area (Å²) in [6.45, 7) is 3.64. The lowest BCUT2D eigenvalue weighted by Gasteiger charge is -2.13. The van der Waals surface area contributed by atoms with Crippen molar-refractivity contribution < 1.29 is 38.0 Å². The summed E-state index contributed by atoms with van der Waals surface area (Å²) in [4.78, 5) is 25.9. The maximum atomic E-state index is 12.9. The number of methoxy groups -OCH3 is 4. The van der Waals surface area contributed by atoms with E-state index in [0.29, 0.717) is 34.1 Å². The van der Waals surface area contributed by atoms with Crippen LogP contribution in [0.3, 0.4) is 0 Å². The molecule has 0 N–H and O–H groups in total. The zero-order valence-electron chi connectivity index (χ0n) is 20.3. The average molecular weight is 471 g/mol. The van der Waals surface area contributed by atoms with Crippen LogP contribution in [0.25, 0.3) is 12.2 Å². The Morgan fingerprint density at radius 3 is 1.26 bits per heavy atom. The first kappa shape index (κ1) is 26.3. The van der Waals surface area contributed by atoms with E-state index in [1.54, 1.807) is 62.4 Å². The fraction of sp³-hybridized carbons (Fsp3) is 0.308. The number of carbonyl (C=O) groups is 2. The maximum Gasteiger partial charge on any atom is 0.339 e. The van der Waals surface area contributed by atoms with Gasteiger partial charge in [-0.3, -0.25) is 0 Å². The molecule has 0 fully saturated rings. The third-order valence-electron chi connectivity index (χ3n) is 4.72. The van der Waals surface area contributed by atoms with Gasteiger partial charge in [0, 0.05) is 0 Å². The lowest BCUT2D eigenvalue weighted by molar-refractivity contribution is -0.141. The van der Waals surface area contributed by atoms with Crippen molar-refractivity contribution in [1.82, 2.24) is 0 Å². The standard InChI is InChI=1S/C26H30O8/c1-7-33-25(27)19(13-17-9-11-21(29-3)23(15-17)31-5)20(26(28)34-8-2)14-18-10-12-22(30-4)24(16-18)32-6/h9-16H,7-8H2,1-6H3/b19-13-,20-14-. The van der Waals surface area contributed by atoms with Crippen LogP contribution >= 0.6 is 0 Å². The van der Waals surface area contributed by atoms with Crippen LogP contribution < -0.4 is 18.9 Å². The molecule has 0 radical (unpaired) electrons. The molecule has 0 aliphatic heterocycles. The summed E-state index contributed by atoms with van der Waals surface area (Å²) < 4.78 is 31.8. The predicted molar refractivity (Wildman–Crippen MR) is 128 cm³/mol. The molecule has 2 aromatic carbocycles. The minimum Gasteiger partial charge on any atom is -0.493 e. The van der Waals surface area contributed by atoms with E-state index in [0.717, 1.165) is 0 Å². The Labute approximate surface area is 199 Å². The van der Waals surface area contributed by atoms with Crippen molar-refractivity contribution in [2.75, 3.05) is 41.7 Å². The molecule has 0 amide bonds. The van der Waals surface area contributed by atoms with Crippen molar-refractivity contribution in [3.8, 4) is 23.0 Å². The highest BCUT2D eigenvalue weighted by Gasteiger charge is 2.24. The summed E-state index contributed by atoms with van der Waals surface area (Å²) >= 11 is 0. The van der Waals surface area contributed by atoms with E-state index in [-0.39, 0.29) is 24.4 Å². The van der Waals surface area contributed by atoms with Crippen LogP contribution in [0, 0.1) is 0 Å².